The van der Waals surface area contributed by atoms with E-state index in [2.05, 4.69) is 11.6 Å². The first-order valence-electron chi connectivity index (χ1n) is 9.68. The largest absolute Gasteiger partial charge is 0.508 e. The van der Waals surface area contributed by atoms with E-state index in [0.29, 0.717) is 25.8 Å². The topological polar surface area (TPSA) is 71.8 Å². The average Bonchev–Trinajstić information content (AvgIpc) is 2.72. The van der Waals surface area contributed by atoms with Crippen LogP contribution in [0.1, 0.15) is 24.1 Å². The Labute approximate surface area is 172 Å². The van der Waals surface area contributed by atoms with Gasteiger partial charge in [-0.25, -0.2) is 0 Å². The quantitative estimate of drug-likeness (QED) is 0.663. The highest BCUT2D eigenvalue weighted by molar-refractivity contribution is 6.43. The minimum absolute atomic E-state index is 0.221. The Kier molecular flexibility index (Phi) is 7.41. The van der Waals surface area contributed by atoms with Crippen molar-refractivity contribution in [3.8, 4) is 5.75 Å². The second-order valence-electron chi connectivity index (χ2n) is 7.03. The fraction of sp³-hybridized carbons (Fsp3) is 0.261. The van der Waals surface area contributed by atoms with Crippen LogP contribution in [0.2, 0.25) is 6.32 Å². The molecule has 0 aliphatic carbocycles. The van der Waals surface area contributed by atoms with Gasteiger partial charge in [-0.05, 0) is 65.5 Å². The maximum absolute atomic E-state index is 9.97. The zero-order valence-electron chi connectivity index (χ0n) is 16.6. The second-order valence-corrected chi connectivity index (χ2v) is 7.03. The number of ether oxygens (including phenoxy) is 1. The summed E-state index contributed by atoms with van der Waals surface area (Å²) in [6.07, 6.45) is 7.29. The molecule has 0 saturated carbocycles. The van der Waals surface area contributed by atoms with Crippen molar-refractivity contribution in [1.29, 1.82) is 0 Å². The Bertz CT molecular complexity index is 895. The van der Waals surface area contributed by atoms with E-state index < -0.39 is 7.12 Å². The molecule has 1 atom stereocenters. The molecule has 0 fully saturated rings. The summed E-state index contributed by atoms with van der Waals surface area (Å²) >= 11 is 0. The number of nitrogens with zero attached hydrogens (tertiary/aromatic N) is 1. The van der Waals surface area contributed by atoms with Gasteiger partial charge in [0.1, 0.15) is 5.75 Å². The molecule has 0 amide bonds. The Morgan fingerprint density at radius 2 is 2.21 bits per heavy atom. The molecule has 6 heteroatoms. The highest BCUT2D eigenvalue weighted by Gasteiger charge is 2.28. The van der Waals surface area contributed by atoms with Crippen LogP contribution in [0.25, 0.3) is 11.6 Å². The van der Waals surface area contributed by atoms with Crippen molar-refractivity contribution < 1.29 is 19.5 Å². The number of benzene rings is 1. The van der Waals surface area contributed by atoms with Gasteiger partial charge < -0.3 is 19.5 Å². The summed E-state index contributed by atoms with van der Waals surface area (Å²) in [7, 11) is 0.823. The molecule has 0 bridgehead atoms. The fourth-order valence-electron chi connectivity index (χ4n) is 3.46. The molecule has 0 radical (unpaired) electrons. The van der Waals surface area contributed by atoms with Gasteiger partial charge in [0, 0.05) is 19.6 Å². The summed E-state index contributed by atoms with van der Waals surface area (Å²) in [5, 5.41) is 19.8. The van der Waals surface area contributed by atoms with E-state index in [-0.39, 0.29) is 11.9 Å². The standard InChI is InChI=1S/C23H26BNO4/c1-17(16-28-2)21-11-12-24(27)29-23(21)10-9-19(22-8-3-4-13-25-22)14-18-6-5-7-20(26)15-18/h3-8,11,13-15,23,26-27H,1,9-10,12,16H2,2H3/b19-14-. The van der Waals surface area contributed by atoms with Gasteiger partial charge >= 0.3 is 7.12 Å². The van der Waals surface area contributed by atoms with Gasteiger partial charge in [-0.2, -0.15) is 0 Å². The zero-order chi connectivity index (χ0) is 20.6. The number of hydrogen-bond acceptors (Lipinski definition) is 5. The third kappa shape index (κ3) is 5.90. The first-order valence-corrected chi connectivity index (χ1v) is 9.68. The molecule has 29 heavy (non-hydrogen) atoms. The van der Waals surface area contributed by atoms with Crippen LogP contribution in [0.3, 0.4) is 0 Å². The van der Waals surface area contributed by atoms with Crippen molar-refractivity contribution in [2.24, 2.45) is 0 Å². The van der Waals surface area contributed by atoms with Crippen LogP contribution < -0.4 is 0 Å². The van der Waals surface area contributed by atoms with Gasteiger partial charge in [0.15, 0.2) is 0 Å². The molecule has 0 saturated heterocycles. The van der Waals surface area contributed by atoms with E-state index in [1.54, 1.807) is 25.4 Å². The first-order chi connectivity index (χ1) is 14.1. The third-order valence-electron chi connectivity index (χ3n) is 4.82. The van der Waals surface area contributed by atoms with Gasteiger partial charge in [0.05, 0.1) is 18.4 Å². The SMILES string of the molecule is C=C(COC)C1=CCB(O)OC1CC/C(=C/c1cccc(O)c1)c1ccccn1. The van der Waals surface area contributed by atoms with Crippen molar-refractivity contribution in [2.75, 3.05) is 13.7 Å². The molecule has 2 N–H and O–H groups in total. The lowest BCUT2D eigenvalue weighted by molar-refractivity contribution is 0.177. The van der Waals surface area contributed by atoms with E-state index in [0.717, 1.165) is 28.0 Å². The number of phenols is 1. The Balaban J connectivity index is 1.83. The van der Waals surface area contributed by atoms with Crippen molar-refractivity contribution in [1.82, 2.24) is 4.98 Å². The van der Waals surface area contributed by atoms with Crippen LogP contribution >= 0.6 is 0 Å². The van der Waals surface area contributed by atoms with E-state index in [4.69, 9.17) is 9.39 Å². The predicted molar refractivity (Wildman–Crippen MR) is 116 cm³/mol. The summed E-state index contributed by atoms with van der Waals surface area (Å²) < 4.78 is 11.0. The number of allylic oxidation sites excluding steroid dienone is 2. The van der Waals surface area contributed by atoms with E-state index in [1.807, 2.05) is 42.5 Å². The molecular weight excluding hydrogens is 365 g/mol. The zero-order valence-corrected chi connectivity index (χ0v) is 16.6. The van der Waals surface area contributed by atoms with E-state index in [1.165, 1.54) is 0 Å². The van der Waals surface area contributed by atoms with Crippen LogP contribution in [0.4, 0.5) is 0 Å². The van der Waals surface area contributed by atoms with Crippen LogP contribution in [0.5, 0.6) is 5.75 Å². The Morgan fingerprint density at radius 3 is 2.93 bits per heavy atom. The van der Waals surface area contributed by atoms with Crippen molar-refractivity contribution in [2.45, 2.75) is 25.3 Å². The number of hydrogen-bond donors (Lipinski definition) is 2. The molecule has 0 spiro atoms. The smallest absolute Gasteiger partial charge is 0.458 e. The molecule has 1 aromatic heterocycles. The maximum atomic E-state index is 9.97. The normalized spacial score (nSPS) is 17.2. The lowest BCUT2D eigenvalue weighted by Gasteiger charge is -2.28. The Morgan fingerprint density at radius 1 is 1.34 bits per heavy atom. The fourth-order valence-corrected chi connectivity index (χ4v) is 3.46. The van der Waals surface area contributed by atoms with Gasteiger partial charge in [-0.1, -0.05) is 30.9 Å². The maximum Gasteiger partial charge on any atom is 0.458 e. The molecular formula is C23H26BNO4. The first kappa shape index (κ1) is 21.1. The van der Waals surface area contributed by atoms with Gasteiger partial charge in [0.2, 0.25) is 0 Å². The summed E-state index contributed by atoms with van der Waals surface area (Å²) in [6.45, 7) is 4.52. The van der Waals surface area contributed by atoms with Gasteiger partial charge in [-0.15, -0.1) is 0 Å². The summed E-state index contributed by atoms with van der Waals surface area (Å²) in [6, 6.07) is 12.9. The summed E-state index contributed by atoms with van der Waals surface area (Å²) in [5.74, 6) is 0.221. The number of aromatic hydroxyl groups is 1. The van der Waals surface area contributed by atoms with Crippen molar-refractivity contribution >= 4 is 18.8 Å². The lowest BCUT2D eigenvalue weighted by Crippen LogP contribution is -2.32. The summed E-state index contributed by atoms with van der Waals surface area (Å²) in [4.78, 5) is 4.49. The number of phenolic OH excluding ortho intramolecular Hbond substituents is 1. The average molecular weight is 391 g/mol. The van der Waals surface area contributed by atoms with Crippen LogP contribution in [-0.2, 0) is 9.39 Å². The molecule has 1 aliphatic heterocycles. The van der Waals surface area contributed by atoms with Crippen LogP contribution in [0.15, 0.2) is 72.5 Å². The van der Waals surface area contributed by atoms with Crippen LogP contribution in [0, 0.1) is 0 Å². The number of rotatable bonds is 8. The number of pyridine rings is 1. The minimum Gasteiger partial charge on any atom is -0.508 e. The van der Waals surface area contributed by atoms with Gasteiger partial charge in [-0.3, -0.25) is 4.98 Å². The highest BCUT2D eigenvalue weighted by Crippen LogP contribution is 2.30. The molecule has 1 aromatic carbocycles. The molecule has 1 unspecified atom stereocenters. The predicted octanol–water partition coefficient (Wildman–Crippen LogP) is 4.12. The summed E-state index contributed by atoms with van der Waals surface area (Å²) in [5.41, 5.74) is 4.63. The van der Waals surface area contributed by atoms with E-state index in [9.17, 15) is 10.1 Å². The van der Waals surface area contributed by atoms with E-state index >= 15 is 0 Å². The van der Waals surface area contributed by atoms with Crippen LogP contribution in [-0.4, -0.2) is 42.1 Å². The molecule has 2 heterocycles. The molecule has 5 nitrogen and oxygen atoms in total. The number of aromatic nitrogens is 1. The molecule has 3 rings (SSSR count). The van der Waals surface area contributed by atoms with Crippen molar-refractivity contribution in [3.63, 3.8) is 0 Å². The molecule has 150 valence electrons. The molecule has 1 aliphatic rings. The molecule has 2 aromatic rings. The highest BCUT2D eigenvalue weighted by atomic mass is 16.5. The van der Waals surface area contributed by atoms with Crippen molar-refractivity contribution in [3.05, 3.63) is 83.7 Å². The lowest BCUT2D eigenvalue weighted by atomic mass is 9.78. The van der Waals surface area contributed by atoms with Gasteiger partial charge in [0.25, 0.3) is 0 Å². The third-order valence-corrected chi connectivity index (χ3v) is 4.82. The minimum atomic E-state index is -0.813. The number of methoxy groups -OCH3 is 1. The second kappa shape index (κ2) is 10.2. The Hall–Kier alpha value is -2.67. The monoisotopic (exact) mass is 391 g/mol.